The lowest BCUT2D eigenvalue weighted by Gasteiger charge is -2.31. The molecule has 1 N–H and O–H groups in total. The first kappa shape index (κ1) is 15.3. The number of nitrogens with zero attached hydrogens (tertiary/aromatic N) is 1. The first-order chi connectivity index (χ1) is 10.6. The molecule has 22 heavy (non-hydrogen) atoms. The van der Waals surface area contributed by atoms with Gasteiger partial charge in [-0.05, 0) is 30.7 Å². The molecule has 2 heterocycles. The van der Waals surface area contributed by atoms with Gasteiger partial charge >= 0.3 is 0 Å². The number of carbonyl (C=O) groups is 1. The van der Waals surface area contributed by atoms with Crippen LogP contribution in [0, 0.1) is 17.6 Å². The van der Waals surface area contributed by atoms with Crippen molar-refractivity contribution in [3.8, 4) is 0 Å². The molecule has 120 valence electrons. The highest BCUT2D eigenvalue weighted by Gasteiger charge is 2.40. The van der Waals surface area contributed by atoms with E-state index < -0.39 is 35.7 Å². The minimum Gasteiger partial charge on any atom is -0.314 e. The molecule has 4 nitrogen and oxygen atoms in total. The lowest BCUT2D eigenvalue weighted by molar-refractivity contribution is -0.184. The molecule has 2 saturated heterocycles. The van der Waals surface area contributed by atoms with Gasteiger partial charge in [0, 0.05) is 19.0 Å². The van der Waals surface area contributed by atoms with E-state index >= 15 is 0 Å². The quantitative estimate of drug-likeness (QED) is 0.909. The molecule has 0 bridgehead atoms. The van der Waals surface area contributed by atoms with Crippen LogP contribution in [-0.4, -0.2) is 36.8 Å². The maximum absolute atomic E-state index is 13.9. The van der Waals surface area contributed by atoms with Gasteiger partial charge < -0.3 is 5.32 Å². The molecule has 0 spiro atoms. The van der Waals surface area contributed by atoms with E-state index in [1.165, 1.54) is 12.1 Å². The number of carbonyl (C=O) groups excluding carboxylic acids is 1. The van der Waals surface area contributed by atoms with Gasteiger partial charge in [0.05, 0.1) is 18.6 Å². The lowest BCUT2D eigenvalue weighted by atomic mass is 9.94. The normalized spacial score (nSPS) is 28.9. The van der Waals surface area contributed by atoms with Crippen molar-refractivity contribution in [3.63, 3.8) is 0 Å². The molecule has 1 aromatic rings. The van der Waals surface area contributed by atoms with Gasteiger partial charge in [0.2, 0.25) is 0 Å². The monoisotopic (exact) mass is 314 g/mol. The average molecular weight is 314 g/mol. The first-order valence-electron chi connectivity index (χ1n) is 7.33. The van der Waals surface area contributed by atoms with Crippen molar-refractivity contribution in [2.75, 3.05) is 19.7 Å². The van der Waals surface area contributed by atoms with E-state index in [4.69, 9.17) is 4.84 Å². The molecule has 2 aliphatic rings. The third kappa shape index (κ3) is 2.96. The van der Waals surface area contributed by atoms with Crippen LogP contribution in [0.5, 0.6) is 0 Å². The highest BCUT2D eigenvalue weighted by Crippen LogP contribution is 2.34. The Kier molecular flexibility index (Phi) is 4.35. The number of nitrogens with one attached hydrogen (secondary N) is 1. The van der Waals surface area contributed by atoms with Gasteiger partial charge in [0.25, 0.3) is 5.91 Å². The number of benzene rings is 1. The van der Waals surface area contributed by atoms with Crippen LogP contribution in [0.15, 0.2) is 18.2 Å². The van der Waals surface area contributed by atoms with E-state index in [1.54, 1.807) is 0 Å². The summed E-state index contributed by atoms with van der Waals surface area (Å²) in [7, 11) is 0. The average Bonchev–Trinajstić information content (AvgIpc) is 2.95. The number of hydrogen-bond donors (Lipinski definition) is 1. The van der Waals surface area contributed by atoms with E-state index in [2.05, 4.69) is 5.32 Å². The summed E-state index contributed by atoms with van der Waals surface area (Å²) >= 11 is 0. The fourth-order valence-electron chi connectivity index (χ4n) is 3.02. The minimum atomic E-state index is -1.28. The second-order valence-electron chi connectivity index (χ2n) is 5.62. The van der Waals surface area contributed by atoms with Gasteiger partial charge in [-0.1, -0.05) is 0 Å². The number of halogens is 3. The Bertz CT molecular complexity index is 549. The van der Waals surface area contributed by atoms with Crippen LogP contribution < -0.4 is 5.32 Å². The largest absolute Gasteiger partial charge is 0.314 e. The third-order valence-electron chi connectivity index (χ3n) is 4.12. The van der Waals surface area contributed by atoms with Crippen molar-refractivity contribution < 1.29 is 22.8 Å². The number of amides is 1. The molecule has 2 aliphatic heterocycles. The summed E-state index contributed by atoms with van der Waals surface area (Å²) in [6.07, 6.45) is -0.476. The van der Waals surface area contributed by atoms with E-state index in [0.717, 1.165) is 11.1 Å². The fourth-order valence-corrected chi connectivity index (χ4v) is 3.02. The second-order valence-corrected chi connectivity index (χ2v) is 5.62. The first-order valence-corrected chi connectivity index (χ1v) is 7.33. The highest BCUT2D eigenvalue weighted by molar-refractivity contribution is 5.79. The Morgan fingerprint density at radius 1 is 1.23 bits per heavy atom. The van der Waals surface area contributed by atoms with Crippen molar-refractivity contribution in [2.45, 2.75) is 25.1 Å². The lowest BCUT2D eigenvalue weighted by Crippen LogP contribution is -2.46. The summed E-state index contributed by atoms with van der Waals surface area (Å²) in [4.78, 5) is 17.8. The summed E-state index contributed by atoms with van der Waals surface area (Å²) < 4.78 is 40.7. The van der Waals surface area contributed by atoms with E-state index in [0.29, 0.717) is 24.9 Å². The molecule has 3 atom stereocenters. The Hall–Kier alpha value is -1.60. The summed E-state index contributed by atoms with van der Waals surface area (Å²) in [5, 5.41) is 3.98. The SMILES string of the molecule is O=C([C@@H]1CCNC[C@H]1F)N1OCCC1c1cc(F)cc(F)c1. The van der Waals surface area contributed by atoms with Crippen molar-refractivity contribution in [3.05, 3.63) is 35.4 Å². The topological polar surface area (TPSA) is 41.6 Å². The Morgan fingerprint density at radius 2 is 1.95 bits per heavy atom. The molecular formula is C15H17F3N2O2. The molecule has 3 rings (SSSR count). The Morgan fingerprint density at radius 3 is 2.64 bits per heavy atom. The summed E-state index contributed by atoms with van der Waals surface area (Å²) in [5.41, 5.74) is 0.327. The van der Waals surface area contributed by atoms with Crippen LogP contribution in [-0.2, 0) is 9.63 Å². The van der Waals surface area contributed by atoms with Gasteiger partial charge in [0.15, 0.2) is 0 Å². The van der Waals surface area contributed by atoms with Crippen LogP contribution >= 0.6 is 0 Å². The Balaban J connectivity index is 1.81. The van der Waals surface area contributed by atoms with E-state index in [1.807, 2.05) is 0 Å². The molecule has 0 saturated carbocycles. The van der Waals surface area contributed by atoms with Gasteiger partial charge in [0.1, 0.15) is 17.8 Å². The standard InChI is InChI=1S/C15H17F3N2O2/c16-10-5-9(6-11(17)7-10)14-2-4-22-20(14)15(21)12-1-3-19-8-13(12)18/h5-7,12-14,19H,1-4,8H2/t12-,13-,14?/m1/s1. The smallest absolute Gasteiger partial charge is 0.252 e. The number of rotatable bonds is 2. The van der Waals surface area contributed by atoms with Gasteiger partial charge in [-0.2, -0.15) is 0 Å². The molecule has 0 aliphatic carbocycles. The van der Waals surface area contributed by atoms with Crippen LogP contribution in [0.4, 0.5) is 13.2 Å². The fraction of sp³-hybridized carbons (Fsp3) is 0.533. The Labute approximate surface area is 126 Å². The molecule has 2 fully saturated rings. The molecule has 1 amide bonds. The van der Waals surface area contributed by atoms with E-state index in [9.17, 15) is 18.0 Å². The second kappa shape index (κ2) is 6.26. The number of alkyl halides is 1. The maximum Gasteiger partial charge on any atom is 0.252 e. The number of hydrogen-bond acceptors (Lipinski definition) is 3. The maximum atomic E-state index is 13.9. The zero-order valence-electron chi connectivity index (χ0n) is 11.9. The molecule has 0 radical (unpaired) electrons. The van der Waals surface area contributed by atoms with Crippen molar-refractivity contribution in [1.82, 2.24) is 10.4 Å². The van der Waals surface area contributed by atoms with E-state index in [-0.39, 0.29) is 13.2 Å². The molecule has 7 heteroatoms. The van der Waals surface area contributed by atoms with Gasteiger partial charge in [-0.25, -0.2) is 18.2 Å². The summed E-state index contributed by atoms with van der Waals surface area (Å²) in [6, 6.07) is 2.55. The van der Waals surface area contributed by atoms with Crippen LogP contribution in [0.25, 0.3) is 0 Å². The van der Waals surface area contributed by atoms with Gasteiger partial charge in [-0.15, -0.1) is 0 Å². The molecule has 1 aromatic carbocycles. The number of hydroxylamine groups is 2. The van der Waals surface area contributed by atoms with Crippen LogP contribution in [0.1, 0.15) is 24.4 Å². The predicted octanol–water partition coefficient (Wildman–Crippen LogP) is 2.12. The molecule has 1 unspecified atom stereocenters. The summed E-state index contributed by atoms with van der Waals surface area (Å²) in [5.74, 6) is -2.65. The highest BCUT2D eigenvalue weighted by atomic mass is 19.1. The van der Waals surface area contributed by atoms with Crippen molar-refractivity contribution in [2.24, 2.45) is 5.92 Å². The number of piperidine rings is 1. The van der Waals surface area contributed by atoms with Gasteiger partial charge in [-0.3, -0.25) is 9.63 Å². The molecule has 0 aromatic heterocycles. The third-order valence-corrected chi connectivity index (χ3v) is 4.12. The van der Waals surface area contributed by atoms with Crippen LogP contribution in [0.2, 0.25) is 0 Å². The summed E-state index contributed by atoms with van der Waals surface area (Å²) in [6.45, 7) is 0.948. The van der Waals surface area contributed by atoms with Crippen molar-refractivity contribution >= 4 is 5.91 Å². The predicted molar refractivity (Wildman–Crippen MR) is 72.4 cm³/mol. The zero-order chi connectivity index (χ0) is 15.7. The van der Waals surface area contributed by atoms with Crippen molar-refractivity contribution in [1.29, 1.82) is 0 Å². The zero-order valence-corrected chi connectivity index (χ0v) is 11.9. The molecular weight excluding hydrogens is 297 g/mol. The van der Waals surface area contributed by atoms with Crippen LogP contribution in [0.3, 0.4) is 0 Å². The minimum absolute atomic E-state index is 0.128.